The molecule has 1 aromatic carbocycles. The third-order valence-corrected chi connectivity index (χ3v) is 2.41. The average Bonchev–Trinajstić information content (AvgIpc) is 2.15. The molecule has 4 nitrogen and oxygen atoms in total. The number of carbonyl (C=O) groups excluding carboxylic acids is 1. The minimum absolute atomic E-state index is 0.0681. The molecule has 0 aliphatic carbocycles. The van der Waals surface area contributed by atoms with Crippen LogP contribution in [0, 0.1) is 5.41 Å². The van der Waals surface area contributed by atoms with Gasteiger partial charge in [0.25, 0.3) is 5.91 Å². The fourth-order valence-corrected chi connectivity index (χ4v) is 1.40. The van der Waals surface area contributed by atoms with Crippen LogP contribution in [0.3, 0.4) is 0 Å². The summed E-state index contributed by atoms with van der Waals surface area (Å²) in [4.78, 5) is 11.7. The zero-order chi connectivity index (χ0) is 13.1. The summed E-state index contributed by atoms with van der Waals surface area (Å²) in [7, 11) is 0. The molecule has 1 rings (SSSR count). The lowest BCUT2D eigenvalue weighted by Crippen LogP contribution is -2.27. The molecule has 0 unspecified atom stereocenters. The molecule has 0 aromatic heterocycles. The van der Waals surface area contributed by atoms with Crippen molar-refractivity contribution in [2.75, 3.05) is 6.54 Å². The van der Waals surface area contributed by atoms with E-state index in [9.17, 15) is 15.0 Å². The lowest BCUT2D eigenvalue weighted by atomic mass is 9.92. The molecule has 94 valence electrons. The van der Waals surface area contributed by atoms with Crippen molar-refractivity contribution in [1.82, 2.24) is 5.32 Å². The Morgan fingerprint density at radius 2 is 1.76 bits per heavy atom. The van der Waals surface area contributed by atoms with Crippen molar-refractivity contribution in [3.8, 4) is 11.5 Å². The Hall–Kier alpha value is -1.71. The Labute approximate surface area is 101 Å². The minimum atomic E-state index is -0.454. The highest BCUT2D eigenvalue weighted by Gasteiger charge is 2.16. The molecule has 0 spiro atoms. The topological polar surface area (TPSA) is 69.6 Å². The van der Waals surface area contributed by atoms with Crippen molar-refractivity contribution in [3.05, 3.63) is 23.8 Å². The van der Waals surface area contributed by atoms with Crippen molar-refractivity contribution in [3.63, 3.8) is 0 Å². The van der Waals surface area contributed by atoms with Gasteiger partial charge < -0.3 is 15.5 Å². The predicted octanol–water partition coefficient (Wildman–Crippen LogP) is 2.26. The van der Waals surface area contributed by atoms with Gasteiger partial charge in [-0.3, -0.25) is 4.79 Å². The van der Waals surface area contributed by atoms with Crippen LogP contribution in [0.1, 0.15) is 37.6 Å². The number of nitrogens with one attached hydrogen (secondary N) is 1. The Morgan fingerprint density at radius 1 is 1.24 bits per heavy atom. The third kappa shape index (κ3) is 3.98. The Morgan fingerprint density at radius 3 is 2.24 bits per heavy atom. The van der Waals surface area contributed by atoms with Crippen LogP contribution in [0.15, 0.2) is 18.2 Å². The van der Waals surface area contributed by atoms with Crippen LogP contribution in [0.2, 0.25) is 0 Å². The summed E-state index contributed by atoms with van der Waals surface area (Å²) in [6, 6.07) is 4.23. The normalized spacial score (nSPS) is 11.2. The van der Waals surface area contributed by atoms with E-state index in [4.69, 9.17) is 0 Å². The SMILES string of the molecule is CC(C)(C)CCNC(=O)c1c(O)cccc1O. The molecule has 0 atom stereocenters. The van der Waals surface area contributed by atoms with Crippen molar-refractivity contribution in [2.45, 2.75) is 27.2 Å². The molecular weight excluding hydrogens is 218 g/mol. The molecular formula is C13H19NO3. The minimum Gasteiger partial charge on any atom is -0.507 e. The summed E-state index contributed by atoms with van der Waals surface area (Å²) in [5.74, 6) is -0.874. The van der Waals surface area contributed by atoms with Crippen LogP contribution < -0.4 is 5.32 Å². The van der Waals surface area contributed by atoms with Gasteiger partial charge >= 0.3 is 0 Å². The molecule has 0 saturated carbocycles. The van der Waals surface area contributed by atoms with Gasteiger partial charge in [0.1, 0.15) is 17.1 Å². The number of rotatable bonds is 3. The second-order valence-electron chi connectivity index (χ2n) is 5.24. The van der Waals surface area contributed by atoms with Gasteiger partial charge in [0, 0.05) is 6.54 Å². The molecule has 0 aliphatic rings. The van der Waals surface area contributed by atoms with Crippen molar-refractivity contribution < 1.29 is 15.0 Å². The zero-order valence-corrected chi connectivity index (χ0v) is 10.4. The molecule has 3 N–H and O–H groups in total. The van der Waals surface area contributed by atoms with Crippen LogP contribution in [0.5, 0.6) is 11.5 Å². The number of phenols is 2. The Kier molecular flexibility index (Phi) is 3.99. The number of benzene rings is 1. The maximum atomic E-state index is 11.7. The molecule has 0 fully saturated rings. The summed E-state index contributed by atoms with van der Waals surface area (Å²) >= 11 is 0. The van der Waals surface area contributed by atoms with E-state index in [0.717, 1.165) is 6.42 Å². The van der Waals surface area contributed by atoms with E-state index in [2.05, 4.69) is 26.1 Å². The van der Waals surface area contributed by atoms with Gasteiger partial charge in [-0.05, 0) is 24.0 Å². The first-order valence-electron chi connectivity index (χ1n) is 5.60. The van der Waals surface area contributed by atoms with Crippen LogP contribution in [-0.2, 0) is 0 Å². The zero-order valence-electron chi connectivity index (χ0n) is 10.4. The van der Waals surface area contributed by atoms with Crippen LogP contribution in [-0.4, -0.2) is 22.7 Å². The van der Waals surface area contributed by atoms with Crippen molar-refractivity contribution in [2.24, 2.45) is 5.41 Å². The van der Waals surface area contributed by atoms with Gasteiger partial charge in [0.2, 0.25) is 0 Å². The molecule has 1 aromatic rings. The number of phenolic OH excluding ortho intramolecular Hbond substituents is 2. The number of hydrogen-bond acceptors (Lipinski definition) is 3. The number of hydrogen-bond donors (Lipinski definition) is 3. The summed E-state index contributed by atoms with van der Waals surface area (Å²) in [6.07, 6.45) is 0.826. The van der Waals surface area contributed by atoms with Crippen LogP contribution in [0.25, 0.3) is 0 Å². The average molecular weight is 237 g/mol. The van der Waals surface area contributed by atoms with E-state index in [-0.39, 0.29) is 22.5 Å². The summed E-state index contributed by atoms with van der Waals surface area (Å²) < 4.78 is 0. The second kappa shape index (κ2) is 5.08. The fraction of sp³-hybridized carbons (Fsp3) is 0.462. The van der Waals surface area contributed by atoms with Gasteiger partial charge in [0.05, 0.1) is 0 Å². The highest BCUT2D eigenvalue weighted by molar-refractivity contribution is 5.99. The van der Waals surface area contributed by atoms with Crippen LogP contribution >= 0.6 is 0 Å². The number of carbonyl (C=O) groups is 1. The van der Waals surface area contributed by atoms with Gasteiger partial charge in [0.15, 0.2) is 0 Å². The van der Waals surface area contributed by atoms with E-state index < -0.39 is 5.91 Å². The quantitative estimate of drug-likeness (QED) is 0.755. The van der Waals surface area contributed by atoms with Gasteiger partial charge in [-0.1, -0.05) is 26.8 Å². The Bertz CT molecular complexity index is 387. The van der Waals surface area contributed by atoms with Crippen molar-refractivity contribution >= 4 is 5.91 Å². The molecule has 1 amide bonds. The first-order chi connectivity index (χ1) is 7.81. The first kappa shape index (κ1) is 13.4. The maximum absolute atomic E-state index is 11.7. The monoisotopic (exact) mass is 237 g/mol. The van der Waals surface area contributed by atoms with Crippen molar-refractivity contribution in [1.29, 1.82) is 0 Å². The molecule has 0 saturated heterocycles. The van der Waals surface area contributed by atoms with E-state index in [1.54, 1.807) is 0 Å². The predicted molar refractivity (Wildman–Crippen MR) is 66.2 cm³/mol. The van der Waals surface area contributed by atoms with Gasteiger partial charge in [-0.25, -0.2) is 0 Å². The Balaban J connectivity index is 2.65. The number of amides is 1. The van der Waals surface area contributed by atoms with Gasteiger partial charge in [-0.2, -0.15) is 0 Å². The van der Waals surface area contributed by atoms with E-state index in [1.165, 1.54) is 18.2 Å². The van der Waals surface area contributed by atoms with Gasteiger partial charge in [-0.15, -0.1) is 0 Å². The van der Waals surface area contributed by atoms with E-state index in [1.807, 2.05) is 0 Å². The summed E-state index contributed by atoms with van der Waals surface area (Å²) in [5, 5.41) is 21.7. The highest BCUT2D eigenvalue weighted by atomic mass is 16.3. The van der Waals surface area contributed by atoms with Crippen LogP contribution in [0.4, 0.5) is 0 Å². The second-order valence-corrected chi connectivity index (χ2v) is 5.24. The third-order valence-electron chi connectivity index (χ3n) is 2.41. The molecule has 0 aliphatic heterocycles. The van der Waals surface area contributed by atoms with E-state index in [0.29, 0.717) is 6.54 Å². The molecule has 0 bridgehead atoms. The highest BCUT2D eigenvalue weighted by Crippen LogP contribution is 2.26. The molecule has 0 heterocycles. The van der Waals surface area contributed by atoms with E-state index >= 15 is 0 Å². The maximum Gasteiger partial charge on any atom is 0.258 e. The fourth-order valence-electron chi connectivity index (χ4n) is 1.40. The molecule has 4 heteroatoms. The standard InChI is InChI=1S/C13H19NO3/c1-13(2,3)7-8-14-12(17)11-9(15)5-4-6-10(11)16/h4-6,15-16H,7-8H2,1-3H3,(H,14,17). The molecule has 0 radical (unpaired) electrons. The first-order valence-corrected chi connectivity index (χ1v) is 5.60. The number of aromatic hydroxyl groups is 2. The molecule has 17 heavy (non-hydrogen) atoms. The lowest BCUT2D eigenvalue weighted by molar-refractivity contribution is 0.0944. The largest absolute Gasteiger partial charge is 0.507 e. The smallest absolute Gasteiger partial charge is 0.258 e. The summed E-state index contributed by atoms with van der Waals surface area (Å²) in [6.45, 7) is 6.75. The summed E-state index contributed by atoms with van der Waals surface area (Å²) in [5.41, 5.74) is 0.0649. The lowest BCUT2D eigenvalue weighted by Gasteiger charge is -2.18.